The van der Waals surface area contributed by atoms with Gasteiger partial charge in [0.25, 0.3) is 0 Å². The van der Waals surface area contributed by atoms with Crippen LogP contribution in [0.25, 0.3) is 0 Å². The maximum absolute atomic E-state index is 14.0. The van der Waals surface area contributed by atoms with E-state index < -0.39 is 17.2 Å². The molecule has 0 aliphatic carbocycles. The van der Waals surface area contributed by atoms with Crippen molar-refractivity contribution < 1.29 is 13.9 Å². The molecule has 0 N–H and O–H groups in total. The van der Waals surface area contributed by atoms with Crippen LogP contribution in [0.2, 0.25) is 5.02 Å². The molecular weight excluding hydrogens is 310 g/mol. The summed E-state index contributed by atoms with van der Waals surface area (Å²) in [6, 6.07) is 3.14. The molecule has 5 heteroatoms. The zero-order chi connectivity index (χ0) is 13.2. The van der Waals surface area contributed by atoms with E-state index in [9.17, 15) is 9.18 Å². The Kier molecular flexibility index (Phi) is 4.55. The lowest BCUT2D eigenvalue weighted by Crippen LogP contribution is -2.32. The van der Waals surface area contributed by atoms with Crippen LogP contribution in [0.1, 0.15) is 26.3 Å². The lowest BCUT2D eigenvalue weighted by Gasteiger charge is -2.23. The van der Waals surface area contributed by atoms with E-state index in [2.05, 4.69) is 15.9 Å². The highest BCUT2D eigenvalue weighted by Gasteiger charge is 2.34. The highest BCUT2D eigenvalue weighted by atomic mass is 79.9. The molecule has 0 heterocycles. The molecule has 0 aliphatic heterocycles. The van der Waals surface area contributed by atoms with E-state index in [1.165, 1.54) is 6.07 Å². The molecule has 1 aromatic rings. The number of ether oxygens (including phenoxy) is 1. The van der Waals surface area contributed by atoms with E-state index in [0.717, 1.165) is 0 Å². The molecule has 0 saturated heterocycles. The molecule has 0 aliphatic rings. The van der Waals surface area contributed by atoms with Gasteiger partial charge in [-0.1, -0.05) is 17.7 Å². The minimum atomic E-state index is -1.07. The Morgan fingerprint density at radius 3 is 2.65 bits per heavy atom. The number of esters is 1. The maximum atomic E-state index is 14.0. The average Bonchev–Trinajstić information content (AvgIpc) is 2.26. The second kappa shape index (κ2) is 5.36. The molecule has 0 bridgehead atoms. The molecule has 0 aromatic heterocycles. The Hall–Kier alpha value is -0.610. The van der Waals surface area contributed by atoms with Crippen LogP contribution in [0.5, 0.6) is 0 Å². The van der Waals surface area contributed by atoms with Crippen LogP contribution >= 0.6 is 27.5 Å². The van der Waals surface area contributed by atoms with Crippen molar-refractivity contribution in [3.63, 3.8) is 0 Å². The van der Waals surface area contributed by atoms with Crippen LogP contribution in [0.3, 0.4) is 0 Å². The summed E-state index contributed by atoms with van der Waals surface area (Å²) in [5.41, 5.74) is -0.839. The minimum Gasteiger partial charge on any atom is -0.465 e. The Bertz CT molecular complexity index is 446. The summed E-state index contributed by atoms with van der Waals surface area (Å²) in [5.74, 6) is -1.07. The average molecular weight is 324 g/mol. The van der Waals surface area contributed by atoms with Gasteiger partial charge in [-0.25, -0.2) is 4.39 Å². The molecule has 2 nitrogen and oxygen atoms in total. The van der Waals surface area contributed by atoms with Gasteiger partial charge in [0, 0.05) is 10.0 Å². The smallest absolute Gasteiger partial charge is 0.316 e. The van der Waals surface area contributed by atoms with Gasteiger partial charge in [-0.05, 0) is 42.8 Å². The molecule has 0 saturated carbocycles. The maximum Gasteiger partial charge on any atom is 0.316 e. The summed E-state index contributed by atoms with van der Waals surface area (Å²) >= 11 is 8.92. The lowest BCUT2D eigenvalue weighted by atomic mass is 9.84. The number of hydrogen-bond acceptors (Lipinski definition) is 2. The van der Waals surface area contributed by atoms with Crippen molar-refractivity contribution >= 4 is 33.5 Å². The van der Waals surface area contributed by atoms with Gasteiger partial charge in [0.15, 0.2) is 0 Å². The fraction of sp³-hybridized carbons (Fsp3) is 0.417. The van der Waals surface area contributed by atoms with Gasteiger partial charge in [-0.15, -0.1) is 0 Å². The third-order valence-electron chi connectivity index (χ3n) is 2.49. The van der Waals surface area contributed by atoms with Crippen molar-refractivity contribution in [3.05, 3.63) is 33.0 Å². The summed E-state index contributed by atoms with van der Waals surface area (Å²) in [6.45, 7) is 5.17. The van der Waals surface area contributed by atoms with Crippen LogP contribution < -0.4 is 0 Å². The lowest BCUT2D eigenvalue weighted by molar-refractivity contribution is -0.148. The van der Waals surface area contributed by atoms with Crippen molar-refractivity contribution in [3.8, 4) is 0 Å². The predicted octanol–water partition coefficient (Wildman–Crippen LogP) is 4.08. The van der Waals surface area contributed by atoms with Crippen LogP contribution in [-0.2, 0) is 14.9 Å². The van der Waals surface area contributed by atoms with Crippen LogP contribution in [0.15, 0.2) is 16.6 Å². The summed E-state index contributed by atoms with van der Waals surface area (Å²) in [4.78, 5) is 11.8. The van der Waals surface area contributed by atoms with Gasteiger partial charge in [-0.3, -0.25) is 4.79 Å². The zero-order valence-electron chi connectivity index (χ0n) is 9.81. The van der Waals surface area contributed by atoms with Crippen molar-refractivity contribution in [2.45, 2.75) is 26.2 Å². The molecule has 1 rings (SSSR count). The molecule has 94 valence electrons. The second-order valence-electron chi connectivity index (χ2n) is 4.07. The predicted molar refractivity (Wildman–Crippen MR) is 68.8 cm³/mol. The van der Waals surface area contributed by atoms with Gasteiger partial charge in [0.05, 0.1) is 17.0 Å². The number of rotatable bonds is 3. The molecule has 0 radical (unpaired) electrons. The number of hydrogen-bond donors (Lipinski definition) is 0. The molecule has 0 atom stereocenters. The highest BCUT2D eigenvalue weighted by molar-refractivity contribution is 9.10. The summed E-state index contributed by atoms with van der Waals surface area (Å²) < 4.78 is 19.4. The first-order valence-corrected chi connectivity index (χ1v) is 6.30. The van der Waals surface area contributed by atoms with Gasteiger partial charge in [0.1, 0.15) is 5.82 Å². The van der Waals surface area contributed by atoms with E-state index in [-0.39, 0.29) is 17.2 Å². The van der Waals surface area contributed by atoms with Crippen molar-refractivity contribution in [2.75, 3.05) is 6.61 Å². The first-order chi connectivity index (χ1) is 7.82. The van der Waals surface area contributed by atoms with E-state index >= 15 is 0 Å². The van der Waals surface area contributed by atoms with E-state index in [4.69, 9.17) is 16.3 Å². The Balaban J connectivity index is 3.24. The van der Waals surface area contributed by atoms with Crippen molar-refractivity contribution in [2.24, 2.45) is 0 Å². The summed E-state index contributed by atoms with van der Waals surface area (Å²) in [5, 5.41) is -0.0279. The molecule has 0 unspecified atom stereocenters. The number of carbonyl (C=O) groups excluding carboxylic acids is 1. The first-order valence-electron chi connectivity index (χ1n) is 5.13. The first kappa shape index (κ1) is 14.5. The van der Waals surface area contributed by atoms with Crippen LogP contribution in [0.4, 0.5) is 4.39 Å². The number of carbonyl (C=O) groups is 1. The van der Waals surface area contributed by atoms with Gasteiger partial charge < -0.3 is 4.74 Å². The molecule has 17 heavy (non-hydrogen) atoms. The zero-order valence-corrected chi connectivity index (χ0v) is 12.2. The summed E-state index contributed by atoms with van der Waals surface area (Å²) in [7, 11) is 0. The van der Waals surface area contributed by atoms with E-state index in [0.29, 0.717) is 4.47 Å². The highest BCUT2D eigenvalue weighted by Crippen LogP contribution is 2.34. The minimum absolute atomic E-state index is 0.0279. The summed E-state index contributed by atoms with van der Waals surface area (Å²) in [6.07, 6.45) is 0. The largest absolute Gasteiger partial charge is 0.465 e. The van der Waals surface area contributed by atoms with Gasteiger partial charge in [0.2, 0.25) is 0 Å². The van der Waals surface area contributed by atoms with Gasteiger partial charge >= 0.3 is 5.97 Å². The topological polar surface area (TPSA) is 26.3 Å². The SMILES string of the molecule is CCOC(=O)C(C)(C)c1ccc(Br)c(Cl)c1F. The molecule has 0 amide bonds. The molecule has 0 fully saturated rings. The van der Waals surface area contributed by atoms with E-state index in [1.54, 1.807) is 26.8 Å². The fourth-order valence-electron chi connectivity index (χ4n) is 1.43. The molecule has 0 spiro atoms. The Morgan fingerprint density at radius 1 is 1.53 bits per heavy atom. The second-order valence-corrected chi connectivity index (χ2v) is 5.30. The van der Waals surface area contributed by atoms with Crippen LogP contribution in [0, 0.1) is 5.82 Å². The monoisotopic (exact) mass is 322 g/mol. The Labute approximate surface area is 113 Å². The third kappa shape index (κ3) is 2.80. The van der Waals surface area contributed by atoms with Crippen molar-refractivity contribution in [1.82, 2.24) is 0 Å². The Morgan fingerprint density at radius 2 is 2.12 bits per heavy atom. The molecule has 1 aromatic carbocycles. The standard InChI is InChI=1S/C12H13BrClFO2/c1-4-17-11(16)12(2,3)7-5-6-8(13)9(14)10(7)15/h5-6H,4H2,1-3H3. The normalized spacial score (nSPS) is 11.4. The van der Waals surface area contributed by atoms with Gasteiger partial charge in [-0.2, -0.15) is 0 Å². The fourth-order valence-corrected chi connectivity index (χ4v) is 1.90. The van der Waals surface area contributed by atoms with Crippen molar-refractivity contribution in [1.29, 1.82) is 0 Å². The quantitative estimate of drug-likeness (QED) is 0.619. The molecular formula is C12H13BrClFO2. The third-order valence-corrected chi connectivity index (χ3v) is 3.75. The number of benzene rings is 1. The number of halogens is 3. The van der Waals surface area contributed by atoms with E-state index in [1.807, 2.05) is 0 Å². The van der Waals surface area contributed by atoms with Crippen LogP contribution in [-0.4, -0.2) is 12.6 Å².